The fourth-order valence-corrected chi connectivity index (χ4v) is 4.62. The van der Waals surface area contributed by atoms with Crippen LogP contribution < -0.4 is 4.74 Å². The third-order valence-electron chi connectivity index (χ3n) is 3.47. The molecular formula is C16H13BrClFO2S. The molecule has 2 aromatic rings. The largest absolute Gasteiger partial charge is 0.456 e. The highest BCUT2D eigenvalue weighted by Crippen LogP contribution is 2.55. The number of fused-ring (bicyclic) bond motifs is 1. The molecule has 0 saturated carbocycles. The second kappa shape index (κ2) is 5.71. The average Bonchev–Trinajstić information content (AvgIpc) is 2.63. The van der Waals surface area contributed by atoms with Crippen LogP contribution in [0.25, 0.3) is 0 Å². The standard InChI is InChI=1S/C16H13BrClFO2S/c1-16(2)15(20)13-12(22-16)4-3-11(14(13)17)21-10-6-8(18)5-9(19)7-10/h3-7,15,20H,1-2H3. The van der Waals surface area contributed by atoms with Gasteiger partial charge >= 0.3 is 0 Å². The summed E-state index contributed by atoms with van der Waals surface area (Å²) in [5.41, 5.74) is 0.801. The third kappa shape index (κ3) is 2.87. The number of aliphatic hydroxyl groups is 1. The zero-order chi connectivity index (χ0) is 16.1. The third-order valence-corrected chi connectivity index (χ3v) is 5.83. The summed E-state index contributed by atoms with van der Waals surface area (Å²) < 4.78 is 19.5. The highest BCUT2D eigenvalue weighted by Gasteiger charge is 2.40. The van der Waals surface area contributed by atoms with Crippen LogP contribution in [-0.2, 0) is 0 Å². The number of rotatable bonds is 2. The summed E-state index contributed by atoms with van der Waals surface area (Å²) in [5.74, 6) is 0.360. The Morgan fingerprint density at radius 2 is 2.05 bits per heavy atom. The molecule has 1 N–H and O–H groups in total. The van der Waals surface area contributed by atoms with Gasteiger partial charge in [0, 0.05) is 26.3 Å². The first-order valence-electron chi connectivity index (χ1n) is 6.61. The van der Waals surface area contributed by atoms with Gasteiger partial charge in [-0.1, -0.05) is 11.6 Å². The fourth-order valence-electron chi connectivity index (χ4n) is 2.38. The van der Waals surface area contributed by atoms with Crippen LogP contribution >= 0.6 is 39.3 Å². The first-order chi connectivity index (χ1) is 10.3. The SMILES string of the molecule is CC1(C)Sc2ccc(Oc3cc(F)cc(Cl)c3)c(Br)c2C1O. The summed E-state index contributed by atoms with van der Waals surface area (Å²) in [7, 11) is 0. The molecule has 3 rings (SSSR count). The van der Waals surface area contributed by atoms with Gasteiger partial charge in [0.2, 0.25) is 0 Å². The normalized spacial score (nSPS) is 19.1. The van der Waals surface area contributed by atoms with Crippen molar-refractivity contribution in [2.75, 3.05) is 0 Å². The number of aliphatic hydroxyl groups excluding tert-OH is 1. The average molecular weight is 404 g/mol. The first kappa shape index (κ1) is 16.1. The van der Waals surface area contributed by atoms with E-state index < -0.39 is 11.9 Å². The Balaban J connectivity index is 1.99. The van der Waals surface area contributed by atoms with Crippen LogP contribution in [0.5, 0.6) is 11.5 Å². The van der Waals surface area contributed by atoms with Crippen LogP contribution in [0.15, 0.2) is 39.7 Å². The molecule has 1 aliphatic heterocycles. The Labute approximate surface area is 145 Å². The van der Waals surface area contributed by atoms with E-state index in [2.05, 4.69) is 15.9 Å². The van der Waals surface area contributed by atoms with Gasteiger partial charge in [-0.25, -0.2) is 4.39 Å². The lowest BCUT2D eigenvalue weighted by Crippen LogP contribution is -2.20. The minimum absolute atomic E-state index is 0.268. The first-order valence-corrected chi connectivity index (χ1v) is 8.60. The molecule has 1 atom stereocenters. The van der Waals surface area contributed by atoms with Crippen molar-refractivity contribution in [3.8, 4) is 11.5 Å². The smallest absolute Gasteiger partial charge is 0.142 e. The van der Waals surface area contributed by atoms with Gasteiger partial charge in [0.1, 0.15) is 17.3 Å². The maximum atomic E-state index is 13.4. The summed E-state index contributed by atoms with van der Waals surface area (Å²) in [6.45, 7) is 3.98. The Hall–Kier alpha value is -0.750. The molecule has 116 valence electrons. The molecule has 0 amide bonds. The van der Waals surface area contributed by atoms with Gasteiger partial charge < -0.3 is 9.84 Å². The predicted octanol–water partition coefficient (Wildman–Crippen LogP) is 5.95. The molecular weight excluding hydrogens is 391 g/mol. The van der Waals surface area contributed by atoms with Crippen LogP contribution in [0, 0.1) is 5.82 Å². The van der Waals surface area contributed by atoms with E-state index in [0.29, 0.717) is 16.0 Å². The van der Waals surface area contributed by atoms with Crippen LogP contribution in [0.1, 0.15) is 25.5 Å². The van der Waals surface area contributed by atoms with E-state index in [1.165, 1.54) is 12.1 Å². The van der Waals surface area contributed by atoms with Crippen LogP contribution in [0.3, 0.4) is 0 Å². The Morgan fingerprint density at radius 1 is 1.32 bits per heavy atom. The second-order valence-corrected chi connectivity index (χ2v) is 8.53. The van der Waals surface area contributed by atoms with Crippen molar-refractivity contribution < 1.29 is 14.2 Å². The van der Waals surface area contributed by atoms with E-state index in [1.807, 2.05) is 19.9 Å². The van der Waals surface area contributed by atoms with Gasteiger partial charge in [-0.2, -0.15) is 0 Å². The fraction of sp³-hybridized carbons (Fsp3) is 0.250. The van der Waals surface area contributed by atoms with E-state index in [9.17, 15) is 9.50 Å². The molecule has 2 aromatic carbocycles. The van der Waals surface area contributed by atoms with Gasteiger partial charge in [0.15, 0.2) is 0 Å². The predicted molar refractivity (Wildman–Crippen MR) is 90.5 cm³/mol. The number of ether oxygens (including phenoxy) is 1. The van der Waals surface area contributed by atoms with Crippen molar-refractivity contribution in [1.29, 1.82) is 0 Å². The zero-order valence-corrected chi connectivity index (χ0v) is 15.0. The van der Waals surface area contributed by atoms with Crippen molar-refractivity contribution >= 4 is 39.3 Å². The maximum absolute atomic E-state index is 13.4. The van der Waals surface area contributed by atoms with Crippen LogP contribution in [0.4, 0.5) is 4.39 Å². The number of benzene rings is 2. The molecule has 1 unspecified atom stereocenters. The van der Waals surface area contributed by atoms with E-state index in [-0.39, 0.29) is 9.77 Å². The van der Waals surface area contributed by atoms with E-state index in [0.717, 1.165) is 10.5 Å². The number of hydrogen-bond donors (Lipinski definition) is 1. The summed E-state index contributed by atoms with van der Waals surface area (Å²) in [4.78, 5) is 1.01. The maximum Gasteiger partial charge on any atom is 0.142 e. The summed E-state index contributed by atoms with van der Waals surface area (Å²) in [5, 5.41) is 10.7. The lowest BCUT2D eigenvalue weighted by Gasteiger charge is -2.21. The van der Waals surface area contributed by atoms with Gasteiger partial charge in [-0.3, -0.25) is 0 Å². The van der Waals surface area contributed by atoms with E-state index >= 15 is 0 Å². The van der Waals surface area contributed by atoms with Gasteiger partial charge in [-0.05, 0) is 54.0 Å². The number of halogens is 3. The zero-order valence-electron chi connectivity index (χ0n) is 11.9. The Bertz CT molecular complexity index is 731. The molecule has 6 heteroatoms. The summed E-state index contributed by atoms with van der Waals surface area (Å²) in [6, 6.07) is 7.72. The summed E-state index contributed by atoms with van der Waals surface area (Å²) >= 11 is 10.9. The van der Waals surface area contributed by atoms with Gasteiger partial charge in [-0.15, -0.1) is 11.8 Å². The highest BCUT2D eigenvalue weighted by molar-refractivity contribution is 9.10. The van der Waals surface area contributed by atoms with Crippen LogP contribution in [-0.4, -0.2) is 9.85 Å². The minimum Gasteiger partial charge on any atom is -0.456 e. The van der Waals surface area contributed by atoms with Crippen molar-refractivity contribution in [2.45, 2.75) is 29.6 Å². The lowest BCUT2D eigenvalue weighted by molar-refractivity contribution is 0.146. The molecule has 1 aliphatic rings. The lowest BCUT2D eigenvalue weighted by atomic mass is 9.99. The molecule has 0 aliphatic carbocycles. The van der Waals surface area contributed by atoms with E-state index in [1.54, 1.807) is 23.9 Å². The monoisotopic (exact) mass is 402 g/mol. The number of thioether (sulfide) groups is 1. The molecule has 0 radical (unpaired) electrons. The Morgan fingerprint density at radius 3 is 2.73 bits per heavy atom. The highest BCUT2D eigenvalue weighted by atomic mass is 79.9. The molecule has 22 heavy (non-hydrogen) atoms. The van der Waals surface area contributed by atoms with Crippen molar-refractivity contribution in [3.63, 3.8) is 0 Å². The van der Waals surface area contributed by atoms with Crippen molar-refractivity contribution in [1.82, 2.24) is 0 Å². The van der Waals surface area contributed by atoms with Crippen molar-refractivity contribution in [3.05, 3.63) is 51.2 Å². The molecule has 0 fully saturated rings. The molecule has 0 bridgehead atoms. The molecule has 0 saturated heterocycles. The minimum atomic E-state index is -0.610. The topological polar surface area (TPSA) is 29.5 Å². The summed E-state index contributed by atoms with van der Waals surface area (Å²) in [6.07, 6.45) is -0.610. The Kier molecular flexibility index (Phi) is 4.18. The number of hydrogen-bond acceptors (Lipinski definition) is 3. The molecule has 2 nitrogen and oxygen atoms in total. The molecule has 1 heterocycles. The van der Waals surface area contributed by atoms with E-state index in [4.69, 9.17) is 16.3 Å². The second-order valence-electron chi connectivity index (χ2n) is 5.60. The molecule has 0 aromatic heterocycles. The molecule has 0 spiro atoms. The van der Waals surface area contributed by atoms with Gasteiger partial charge in [0.05, 0.1) is 10.6 Å². The van der Waals surface area contributed by atoms with Crippen molar-refractivity contribution in [2.24, 2.45) is 0 Å². The van der Waals surface area contributed by atoms with Crippen LogP contribution in [0.2, 0.25) is 5.02 Å². The quantitative estimate of drug-likeness (QED) is 0.671. The van der Waals surface area contributed by atoms with Gasteiger partial charge in [0.25, 0.3) is 0 Å².